The first-order chi connectivity index (χ1) is 7.81. The van der Waals surface area contributed by atoms with Crippen molar-refractivity contribution in [1.29, 1.82) is 0 Å². The van der Waals surface area contributed by atoms with E-state index in [0.29, 0.717) is 0 Å². The summed E-state index contributed by atoms with van der Waals surface area (Å²) in [4.78, 5) is 2.21. The number of halogens is 1. The van der Waals surface area contributed by atoms with Crippen LogP contribution in [0.1, 0.15) is 6.92 Å². The van der Waals surface area contributed by atoms with Crippen molar-refractivity contribution in [2.24, 2.45) is 0 Å². The van der Waals surface area contributed by atoms with Gasteiger partial charge in [-0.3, -0.25) is 0 Å². The fourth-order valence-electron chi connectivity index (χ4n) is 1.72. The standard InChI is InChI=1S/C14H13ClN/c1-2-16(13-8-4-3-5-9-13)14-10-6-7-12(15)11-14/h4-11H,2H2,1H3. The largest absolute Gasteiger partial charge is 0.342 e. The zero-order valence-corrected chi connectivity index (χ0v) is 9.91. The number of nitrogens with zero attached hydrogens (tertiary/aromatic N) is 1. The fraction of sp³-hybridized carbons (Fsp3) is 0.143. The summed E-state index contributed by atoms with van der Waals surface area (Å²) in [5.74, 6) is 0. The molecule has 1 nitrogen and oxygen atoms in total. The van der Waals surface area contributed by atoms with Crippen LogP contribution in [0.15, 0.2) is 48.5 Å². The third kappa shape index (κ3) is 2.37. The van der Waals surface area contributed by atoms with Crippen molar-refractivity contribution in [2.45, 2.75) is 6.92 Å². The van der Waals surface area contributed by atoms with Gasteiger partial charge in [0.2, 0.25) is 0 Å². The van der Waals surface area contributed by atoms with E-state index in [9.17, 15) is 0 Å². The minimum Gasteiger partial charge on any atom is -0.342 e. The van der Waals surface area contributed by atoms with E-state index in [1.807, 2.05) is 42.5 Å². The van der Waals surface area contributed by atoms with Crippen LogP contribution in [0.25, 0.3) is 0 Å². The summed E-state index contributed by atoms with van der Waals surface area (Å²) in [6, 6.07) is 18.8. The molecular formula is C14H13ClN. The molecule has 0 amide bonds. The molecule has 2 heteroatoms. The topological polar surface area (TPSA) is 3.24 Å². The molecule has 0 heterocycles. The fourth-order valence-corrected chi connectivity index (χ4v) is 1.90. The van der Waals surface area contributed by atoms with Gasteiger partial charge >= 0.3 is 0 Å². The van der Waals surface area contributed by atoms with Crippen LogP contribution in [0.5, 0.6) is 0 Å². The number of hydrogen-bond donors (Lipinski definition) is 0. The maximum Gasteiger partial charge on any atom is 0.0426 e. The van der Waals surface area contributed by atoms with E-state index >= 15 is 0 Å². The van der Waals surface area contributed by atoms with Crippen LogP contribution in [0.4, 0.5) is 11.4 Å². The molecule has 0 atom stereocenters. The van der Waals surface area contributed by atoms with Gasteiger partial charge in [-0.15, -0.1) is 0 Å². The molecule has 0 aliphatic heterocycles. The maximum atomic E-state index is 6.00. The van der Waals surface area contributed by atoms with Gasteiger partial charge in [0, 0.05) is 22.9 Å². The number of rotatable bonds is 3. The molecule has 0 aromatic heterocycles. The molecule has 2 aromatic carbocycles. The summed E-state index contributed by atoms with van der Waals surface area (Å²) in [7, 11) is 0. The van der Waals surface area contributed by atoms with Crippen LogP contribution in [0, 0.1) is 6.07 Å². The van der Waals surface area contributed by atoms with Crippen LogP contribution in [-0.2, 0) is 0 Å². The van der Waals surface area contributed by atoms with E-state index in [4.69, 9.17) is 11.6 Å². The highest BCUT2D eigenvalue weighted by Gasteiger charge is 2.06. The minimum atomic E-state index is 0.762. The average Bonchev–Trinajstić information content (AvgIpc) is 2.31. The van der Waals surface area contributed by atoms with Crippen LogP contribution >= 0.6 is 11.6 Å². The molecule has 0 spiro atoms. The molecule has 0 N–H and O–H groups in total. The zero-order valence-electron chi connectivity index (χ0n) is 9.15. The number of anilines is 2. The predicted molar refractivity (Wildman–Crippen MR) is 69.4 cm³/mol. The molecular weight excluding hydrogens is 218 g/mol. The summed E-state index contributed by atoms with van der Waals surface area (Å²) in [6.45, 7) is 3.03. The van der Waals surface area contributed by atoms with Gasteiger partial charge in [-0.25, -0.2) is 0 Å². The zero-order chi connectivity index (χ0) is 11.4. The molecule has 0 aliphatic carbocycles. The smallest absolute Gasteiger partial charge is 0.0426 e. The van der Waals surface area contributed by atoms with E-state index in [0.717, 1.165) is 22.9 Å². The van der Waals surface area contributed by atoms with Gasteiger partial charge in [0.25, 0.3) is 0 Å². The third-order valence-corrected chi connectivity index (χ3v) is 2.68. The molecule has 1 radical (unpaired) electrons. The van der Waals surface area contributed by atoms with Gasteiger partial charge in [-0.2, -0.15) is 0 Å². The van der Waals surface area contributed by atoms with Crippen LogP contribution in [-0.4, -0.2) is 6.54 Å². The highest BCUT2D eigenvalue weighted by molar-refractivity contribution is 6.30. The van der Waals surface area contributed by atoms with E-state index < -0.39 is 0 Å². The first-order valence-corrected chi connectivity index (χ1v) is 5.68. The highest BCUT2D eigenvalue weighted by Crippen LogP contribution is 2.26. The Morgan fingerprint density at radius 2 is 1.88 bits per heavy atom. The second-order valence-electron chi connectivity index (χ2n) is 3.48. The Bertz CT molecular complexity index is 453. The number of benzene rings is 2. The van der Waals surface area contributed by atoms with Crippen LogP contribution in [0.2, 0.25) is 5.02 Å². The minimum absolute atomic E-state index is 0.762. The maximum absolute atomic E-state index is 6.00. The molecule has 0 bridgehead atoms. The third-order valence-electron chi connectivity index (χ3n) is 2.45. The van der Waals surface area contributed by atoms with Crippen LogP contribution < -0.4 is 4.90 Å². The Morgan fingerprint density at radius 1 is 1.12 bits per heavy atom. The molecule has 0 fully saturated rings. The molecule has 0 aliphatic rings. The van der Waals surface area contributed by atoms with Gasteiger partial charge < -0.3 is 4.90 Å². The van der Waals surface area contributed by atoms with E-state index in [-0.39, 0.29) is 0 Å². The Labute approximate surface area is 101 Å². The Balaban J connectivity index is 2.37. The first-order valence-electron chi connectivity index (χ1n) is 5.30. The van der Waals surface area contributed by atoms with Crippen molar-refractivity contribution >= 4 is 23.0 Å². The van der Waals surface area contributed by atoms with E-state index in [1.54, 1.807) is 0 Å². The molecule has 0 saturated carbocycles. The predicted octanol–water partition coefficient (Wildman–Crippen LogP) is 4.30. The van der Waals surface area contributed by atoms with Crippen molar-refractivity contribution < 1.29 is 0 Å². The lowest BCUT2D eigenvalue weighted by Gasteiger charge is -2.23. The van der Waals surface area contributed by atoms with Crippen molar-refractivity contribution in [3.8, 4) is 0 Å². The summed E-state index contributed by atoms with van der Waals surface area (Å²) in [5, 5.41) is 0.762. The summed E-state index contributed by atoms with van der Waals surface area (Å²) in [5.41, 5.74) is 2.27. The normalized spacial score (nSPS) is 10.1. The first kappa shape index (κ1) is 11.0. The van der Waals surface area contributed by atoms with E-state index in [1.165, 1.54) is 0 Å². The van der Waals surface area contributed by atoms with Gasteiger partial charge in [0.05, 0.1) is 0 Å². The van der Waals surface area contributed by atoms with E-state index in [2.05, 4.69) is 24.0 Å². The molecule has 2 rings (SSSR count). The molecule has 16 heavy (non-hydrogen) atoms. The van der Waals surface area contributed by atoms with Gasteiger partial charge in [-0.05, 0) is 43.3 Å². The lowest BCUT2D eigenvalue weighted by atomic mass is 10.2. The summed E-state index contributed by atoms with van der Waals surface area (Å²) in [6.07, 6.45) is 0. The summed E-state index contributed by atoms with van der Waals surface area (Å²) < 4.78 is 0. The van der Waals surface area contributed by atoms with Crippen molar-refractivity contribution in [3.05, 3.63) is 59.6 Å². The second kappa shape index (κ2) is 5.04. The quantitative estimate of drug-likeness (QED) is 0.760. The lowest BCUT2D eigenvalue weighted by Crippen LogP contribution is -2.15. The highest BCUT2D eigenvalue weighted by atomic mass is 35.5. The molecule has 0 unspecified atom stereocenters. The monoisotopic (exact) mass is 230 g/mol. The lowest BCUT2D eigenvalue weighted by molar-refractivity contribution is 1.02. The second-order valence-corrected chi connectivity index (χ2v) is 3.92. The molecule has 2 aromatic rings. The van der Waals surface area contributed by atoms with Crippen molar-refractivity contribution in [1.82, 2.24) is 0 Å². The van der Waals surface area contributed by atoms with Crippen molar-refractivity contribution in [2.75, 3.05) is 11.4 Å². The van der Waals surface area contributed by atoms with Gasteiger partial charge in [0.15, 0.2) is 0 Å². The number of hydrogen-bond acceptors (Lipinski definition) is 1. The average molecular weight is 231 g/mol. The van der Waals surface area contributed by atoms with Crippen LogP contribution in [0.3, 0.4) is 0 Å². The van der Waals surface area contributed by atoms with Gasteiger partial charge in [-0.1, -0.05) is 29.8 Å². The van der Waals surface area contributed by atoms with Crippen molar-refractivity contribution in [3.63, 3.8) is 0 Å². The Morgan fingerprint density at radius 3 is 2.50 bits per heavy atom. The Hall–Kier alpha value is -1.47. The summed E-state index contributed by atoms with van der Waals surface area (Å²) >= 11 is 6.00. The Kier molecular flexibility index (Phi) is 3.47. The molecule has 0 saturated heterocycles. The SMILES string of the molecule is CCN(c1cc[c]cc1)c1cccc(Cl)c1. The van der Waals surface area contributed by atoms with Gasteiger partial charge in [0.1, 0.15) is 0 Å². The molecule has 81 valence electrons.